The number of aliphatic hydroxyl groups is 2. The van der Waals surface area contributed by atoms with Gasteiger partial charge in [-0.25, -0.2) is 0 Å². The monoisotopic (exact) mass is 669 g/mol. The largest absolute Gasteiger partial charge is 0.507 e. The number of anilines is 1. The minimum Gasteiger partial charge on any atom is -0.507 e. The Kier molecular flexibility index (Phi) is 8.55. The average Bonchev–Trinajstić information content (AvgIpc) is 3.46. The molecule has 3 fully saturated rings. The molecule has 48 heavy (non-hydrogen) atoms. The summed E-state index contributed by atoms with van der Waals surface area (Å²) in [6.07, 6.45) is -4.80. The van der Waals surface area contributed by atoms with Gasteiger partial charge in [0.1, 0.15) is 29.8 Å². The standard InChI is InChI=1S/C33H39N3O12/c1-14-30-18(36-8-9-45-32(44-2)31(36)48-30)10-21(46-14)47-19-12-33(43,20(38)13-37)11-16-23(19)29(42)25-24(27(16)40)26(39)15-4-3-5-17(35-7-6-34)22(15)28(25)41/h3-5,14,18-19,21,30-32,35,37,40,42-43H,6-13,34H2,1-2H3/t14-,18-,19-,21-,30+,31+,32-,33-/m0/s1. The Balaban J connectivity index is 1.29. The molecule has 0 amide bonds. The molecule has 8 atom stereocenters. The zero-order chi connectivity index (χ0) is 34.1. The van der Waals surface area contributed by atoms with E-state index in [1.54, 1.807) is 12.1 Å². The predicted octanol–water partition coefficient (Wildman–Crippen LogP) is 0.0733. The Bertz CT molecular complexity index is 1670. The van der Waals surface area contributed by atoms with E-state index in [2.05, 4.69) is 10.2 Å². The van der Waals surface area contributed by atoms with E-state index in [-0.39, 0.29) is 40.9 Å². The first-order chi connectivity index (χ1) is 23.0. The summed E-state index contributed by atoms with van der Waals surface area (Å²) in [5.41, 5.74) is 2.72. The van der Waals surface area contributed by atoms with Crippen LogP contribution in [0.1, 0.15) is 68.8 Å². The number of nitrogens with zero attached hydrogens (tertiary/aromatic N) is 1. The molecule has 3 aliphatic heterocycles. The first kappa shape index (κ1) is 33.0. The van der Waals surface area contributed by atoms with Crippen molar-refractivity contribution >= 4 is 23.0 Å². The van der Waals surface area contributed by atoms with E-state index in [9.17, 15) is 34.8 Å². The third-order valence-electron chi connectivity index (χ3n) is 10.1. The third-order valence-corrected chi connectivity index (χ3v) is 10.1. The first-order valence-corrected chi connectivity index (χ1v) is 16.0. The smallest absolute Gasteiger partial charge is 0.200 e. The Hall–Kier alpha value is -3.51. The number of hydrogen-bond donors (Lipinski definition) is 6. The quantitative estimate of drug-likeness (QED) is 0.175. The molecule has 2 aromatic carbocycles. The summed E-state index contributed by atoms with van der Waals surface area (Å²) in [5.74, 6) is -3.64. The Morgan fingerprint density at radius 2 is 1.92 bits per heavy atom. The maximum atomic E-state index is 14.1. The van der Waals surface area contributed by atoms with Gasteiger partial charge in [0.15, 0.2) is 36.2 Å². The molecule has 7 rings (SSSR count). The SMILES string of the molecule is CO[C@H]1OCCN2[C@@H]1O[C@@H]1[C@H](C)O[C@@H](O[C@H]3C[C@](O)(C(=O)CO)Cc4c(O)c5c(c(O)c43)C(=O)c3c(NCCN)cccc3C5=O)C[C@@H]12. The van der Waals surface area contributed by atoms with Gasteiger partial charge in [-0.3, -0.25) is 19.3 Å². The summed E-state index contributed by atoms with van der Waals surface area (Å²) in [4.78, 5) is 43.0. The number of ether oxygens (including phenoxy) is 5. The van der Waals surface area contributed by atoms with E-state index < -0.39 is 96.0 Å². The molecule has 5 aliphatic rings. The molecule has 0 aromatic heterocycles. The average molecular weight is 670 g/mol. The van der Waals surface area contributed by atoms with Crippen molar-refractivity contribution < 1.29 is 58.5 Å². The van der Waals surface area contributed by atoms with E-state index in [4.69, 9.17) is 29.4 Å². The van der Waals surface area contributed by atoms with Crippen LogP contribution in [0.5, 0.6) is 11.5 Å². The lowest BCUT2D eigenvalue weighted by Gasteiger charge is -2.43. The number of aromatic hydroxyl groups is 2. The molecule has 0 unspecified atom stereocenters. The molecular weight excluding hydrogens is 630 g/mol. The van der Waals surface area contributed by atoms with Gasteiger partial charge in [0.25, 0.3) is 0 Å². The van der Waals surface area contributed by atoms with Crippen LogP contribution in [0.3, 0.4) is 0 Å². The van der Waals surface area contributed by atoms with Crippen LogP contribution in [-0.2, 0) is 34.9 Å². The number of ketones is 3. The molecule has 0 radical (unpaired) electrons. The van der Waals surface area contributed by atoms with Gasteiger partial charge in [-0.15, -0.1) is 0 Å². The van der Waals surface area contributed by atoms with Gasteiger partial charge in [0.05, 0.1) is 35.5 Å². The number of nitrogens with two attached hydrogens (primary N) is 1. The highest BCUT2D eigenvalue weighted by Crippen LogP contribution is 2.53. The summed E-state index contributed by atoms with van der Waals surface area (Å²) in [6, 6.07) is 4.45. The maximum Gasteiger partial charge on any atom is 0.200 e. The number of phenolic OH excluding ortho intramolecular Hbond substituents is 2. The van der Waals surface area contributed by atoms with E-state index in [0.717, 1.165) is 0 Å². The molecule has 3 saturated heterocycles. The lowest BCUT2D eigenvalue weighted by molar-refractivity contribution is -0.256. The lowest BCUT2D eigenvalue weighted by Crippen LogP contribution is -2.55. The minimum atomic E-state index is -2.23. The fraction of sp³-hybridized carbons (Fsp3) is 0.545. The number of carbonyl (C=O) groups excluding carboxylic acids is 3. The number of hydrogen-bond acceptors (Lipinski definition) is 15. The van der Waals surface area contributed by atoms with Crippen LogP contribution in [0, 0.1) is 0 Å². The molecular formula is C33H39N3O12. The molecule has 3 heterocycles. The summed E-state index contributed by atoms with van der Waals surface area (Å²) in [5, 5.41) is 47.8. The van der Waals surface area contributed by atoms with Crippen molar-refractivity contribution in [3.05, 3.63) is 51.6 Å². The number of methoxy groups -OCH3 is 1. The van der Waals surface area contributed by atoms with Gasteiger partial charge in [-0.05, 0) is 13.0 Å². The van der Waals surface area contributed by atoms with Gasteiger partial charge < -0.3 is 55.2 Å². The van der Waals surface area contributed by atoms with E-state index in [0.29, 0.717) is 31.8 Å². The summed E-state index contributed by atoms with van der Waals surface area (Å²) in [6.45, 7) is 2.38. The van der Waals surface area contributed by atoms with Gasteiger partial charge >= 0.3 is 0 Å². The molecule has 7 N–H and O–H groups in total. The van der Waals surface area contributed by atoms with Gasteiger partial charge in [0, 0.05) is 74.4 Å². The van der Waals surface area contributed by atoms with E-state index in [1.165, 1.54) is 13.2 Å². The van der Waals surface area contributed by atoms with Crippen molar-refractivity contribution in [3.63, 3.8) is 0 Å². The van der Waals surface area contributed by atoms with Crippen molar-refractivity contribution in [1.29, 1.82) is 0 Å². The number of carbonyl (C=O) groups is 3. The van der Waals surface area contributed by atoms with Gasteiger partial charge in [-0.2, -0.15) is 0 Å². The van der Waals surface area contributed by atoms with E-state index in [1.807, 2.05) is 6.92 Å². The second-order valence-corrected chi connectivity index (χ2v) is 12.8. The normalized spacial score (nSPS) is 32.6. The molecule has 0 saturated carbocycles. The van der Waals surface area contributed by atoms with Crippen molar-refractivity contribution in [2.45, 2.75) is 74.9 Å². The number of Topliss-reactive ketones (excluding diaryl/α,β-unsaturated/α-hetero) is 1. The number of aliphatic hydroxyl groups excluding tert-OH is 1. The molecule has 2 aromatic rings. The van der Waals surface area contributed by atoms with Crippen LogP contribution in [-0.4, -0.2) is 125 Å². The van der Waals surface area contributed by atoms with Crippen molar-refractivity contribution in [2.75, 3.05) is 45.3 Å². The zero-order valence-corrected chi connectivity index (χ0v) is 26.5. The number of fused-ring (bicyclic) bond motifs is 6. The Morgan fingerprint density at radius 3 is 2.65 bits per heavy atom. The highest BCUT2D eigenvalue weighted by molar-refractivity contribution is 6.32. The van der Waals surface area contributed by atoms with Crippen LogP contribution >= 0.6 is 0 Å². The molecule has 2 aliphatic carbocycles. The van der Waals surface area contributed by atoms with Crippen molar-refractivity contribution in [3.8, 4) is 11.5 Å². The molecule has 0 bridgehead atoms. The Labute approximate surface area is 275 Å². The molecule has 0 spiro atoms. The first-order valence-electron chi connectivity index (χ1n) is 16.0. The highest BCUT2D eigenvalue weighted by atomic mass is 16.7. The van der Waals surface area contributed by atoms with Crippen LogP contribution in [0.25, 0.3) is 0 Å². The molecule has 258 valence electrons. The zero-order valence-electron chi connectivity index (χ0n) is 26.5. The fourth-order valence-electron chi connectivity index (χ4n) is 7.91. The van der Waals surface area contributed by atoms with Gasteiger partial charge in [0.2, 0.25) is 0 Å². The lowest BCUT2D eigenvalue weighted by atomic mass is 9.71. The second kappa shape index (κ2) is 12.4. The second-order valence-electron chi connectivity index (χ2n) is 12.8. The van der Waals surface area contributed by atoms with E-state index >= 15 is 0 Å². The van der Waals surface area contributed by atoms with Crippen molar-refractivity contribution in [1.82, 2.24) is 4.90 Å². The third kappa shape index (κ3) is 5.04. The number of phenols is 2. The number of rotatable bonds is 8. The van der Waals surface area contributed by atoms with Crippen LogP contribution in [0.4, 0.5) is 5.69 Å². The van der Waals surface area contributed by atoms with Crippen molar-refractivity contribution in [2.24, 2.45) is 5.73 Å². The Morgan fingerprint density at radius 1 is 1.15 bits per heavy atom. The number of nitrogens with one attached hydrogen (secondary N) is 1. The summed E-state index contributed by atoms with van der Waals surface area (Å²) in [7, 11) is 1.54. The summed E-state index contributed by atoms with van der Waals surface area (Å²) >= 11 is 0. The molecule has 15 nitrogen and oxygen atoms in total. The fourth-order valence-corrected chi connectivity index (χ4v) is 7.91. The summed E-state index contributed by atoms with van der Waals surface area (Å²) < 4.78 is 30.1. The highest BCUT2D eigenvalue weighted by Gasteiger charge is 2.55. The van der Waals surface area contributed by atoms with Crippen LogP contribution < -0.4 is 11.1 Å². The minimum absolute atomic E-state index is 0.00420. The van der Waals surface area contributed by atoms with Crippen LogP contribution in [0.2, 0.25) is 0 Å². The number of benzene rings is 2. The molecule has 15 heteroatoms. The predicted molar refractivity (Wildman–Crippen MR) is 165 cm³/mol. The number of morpholine rings is 1. The van der Waals surface area contributed by atoms with Gasteiger partial charge in [-0.1, -0.05) is 12.1 Å². The maximum absolute atomic E-state index is 14.1. The topological polar surface area (TPSA) is 220 Å². The van der Waals surface area contributed by atoms with Crippen LogP contribution in [0.15, 0.2) is 18.2 Å².